The van der Waals surface area contributed by atoms with Crippen molar-refractivity contribution in [3.8, 4) is 28.7 Å². The summed E-state index contributed by atoms with van der Waals surface area (Å²) in [6.45, 7) is 12.4. The van der Waals surface area contributed by atoms with Crippen LogP contribution < -0.4 is 30.3 Å². The minimum absolute atomic E-state index is 0. The van der Waals surface area contributed by atoms with Crippen LogP contribution in [0, 0.1) is 5.92 Å². The maximum atomic E-state index is 14.2. The maximum Gasteiger partial charge on any atom is 0.338 e. The van der Waals surface area contributed by atoms with Crippen LogP contribution in [-0.4, -0.2) is 92.0 Å². The van der Waals surface area contributed by atoms with E-state index in [2.05, 4.69) is 113 Å². The van der Waals surface area contributed by atoms with Gasteiger partial charge in [0, 0.05) is 87.4 Å². The number of rotatable bonds is 13. The summed E-state index contributed by atoms with van der Waals surface area (Å²) in [7, 11) is -4.91. The third-order valence-electron chi connectivity index (χ3n) is 15.9. The van der Waals surface area contributed by atoms with Crippen LogP contribution in [0.5, 0.6) is 28.7 Å². The van der Waals surface area contributed by atoms with Crippen molar-refractivity contribution in [1.29, 1.82) is 0 Å². The zero-order chi connectivity index (χ0) is 65.1. The third kappa shape index (κ3) is 13.5. The Hall–Kier alpha value is -8.71. The van der Waals surface area contributed by atoms with Crippen LogP contribution in [0.15, 0.2) is 205 Å². The summed E-state index contributed by atoms with van der Waals surface area (Å²) in [6.07, 6.45) is 8.45. The van der Waals surface area contributed by atoms with Crippen LogP contribution in [0.1, 0.15) is 63.0 Å². The van der Waals surface area contributed by atoms with Gasteiger partial charge >= 0.3 is 5.97 Å². The van der Waals surface area contributed by atoms with Crippen molar-refractivity contribution < 1.29 is 73.3 Å². The molecule has 3 heterocycles. The molecule has 24 heteroatoms. The monoisotopic (exact) mass is 1360 g/mol. The first-order valence-electron chi connectivity index (χ1n) is 28.7. The second-order valence-corrected chi connectivity index (χ2v) is 28.2. The van der Waals surface area contributed by atoms with Crippen LogP contribution in [0.4, 0.5) is 22.7 Å². The Morgan fingerprint density at radius 3 is 1.88 bits per heavy atom. The van der Waals surface area contributed by atoms with Gasteiger partial charge in [-0.1, -0.05) is 77.8 Å². The fraction of sp³-hybridized carbons (Fsp3) is 0.206. The van der Waals surface area contributed by atoms with Gasteiger partial charge in [-0.15, -0.1) is 20.5 Å². The molecule has 4 aliphatic rings. The van der Waals surface area contributed by atoms with E-state index >= 15 is 0 Å². The van der Waals surface area contributed by atoms with Gasteiger partial charge in [0.25, 0.3) is 0 Å². The number of sulfonamides is 2. The molecule has 0 fully saturated rings. The number of phenolic OH excluding ortho intramolecular Hbond substituents is 4. The zero-order valence-corrected chi connectivity index (χ0v) is 55.1. The number of nitrogens with one attached hydrogen (secondary N) is 3. The number of ether oxygens (including phenoxy) is 2. The Morgan fingerprint density at radius 2 is 1.27 bits per heavy atom. The summed E-state index contributed by atoms with van der Waals surface area (Å²) in [5.41, 5.74) is 7.38. The number of carbonyl (C=O) groups excluding carboxylic acids is 1. The molecule has 0 amide bonds. The summed E-state index contributed by atoms with van der Waals surface area (Å²) in [6, 6.07) is 35.0. The number of phenols is 4. The second-order valence-electron chi connectivity index (χ2n) is 23.4. The first-order chi connectivity index (χ1) is 43.1. The largest absolute Gasteiger partial charge is 0.506 e. The first-order valence-corrected chi connectivity index (χ1v) is 32.4. The zero-order valence-electron chi connectivity index (χ0n) is 50.9. The molecule has 2 unspecified atom stereocenters. The number of benzene rings is 8. The molecule has 1 radical (unpaired) electrons. The van der Waals surface area contributed by atoms with E-state index < -0.39 is 26.0 Å². The average Bonchev–Trinajstić information content (AvgIpc) is 0.729. The minimum Gasteiger partial charge on any atom is -0.506 e. The number of aromatic hydroxyl groups is 4. The van der Waals surface area contributed by atoms with Crippen LogP contribution >= 0.6 is 23.2 Å². The van der Waals surface area contributed by atoms with Gasteiger partial charge < -0.3 is 35.2 Å². The van der Waals surface area contributed by atoms with E-state index in [9.17, 15) is 42.1 Å². The van der Waals surface area contributed by atoms with Gasteiger partial charge in [0.2, 0.25) is 25.4 Å². The number of nitrogens with zero attached hydrogens (tertiary/aromatic N) is 5. The van der Waals surface area contributed by atoms with Gasteiger partial charge in [0.15, 0.2) is 5.54 Å². The van der Waals surface area contributed by atoms with Crippen LogP contribution in [-0.2, 0) is 41.6 Å². The van der Waals surface area contributed by atoms with E-state index in [1.165, 1.54) is 99.0 Å². The predicted molar refractivity (Wildman–Crippen MR) is 350 cm³/mol. The number of hydrogen-bond acceptors (Lipinski definition) is 16. The first kappa shape index (κ1) is 66.2. The van der Waals surface area contributed by atoms with Crippen molar-refractivity contribution in [3.05, 3.63) is 212 Å². The number of hydrogen-bond donors (Lipinski definition) is 7. The van der Waals surface area contributed by atoms with Crippen LogP contribution in [0.25, 0.3) is 32.7 Å². The number of esters is 1. The molecule has 8 aromatic carbocycles. The molecular formula is C68H63Cl2CoN8O11S2+. The summed E-state index contributed by atoms with van der Waals surface area (Å²) in [5, 5.41) is 65.1. The number of allylic oxidation sites excluding steroid dienone is 2. The molecule has 0 bridgehead atoms. The normalized spacial score (nSPS) is 17.1. The van der Waals surface area contributed by atoms with Gasteiger partial charge in [0.1, 0.15) is 64.2 Å². The molecule has 0 saturated heterocycles. The molecule has 1 aliphatic carbocycles. The number of likely N-dealkylation sites (N-methyl/N-ethyl adjacent to an activating group) is 1. The third-order valence-corrected chi connectivity index (χ3v) is 19.6. The van der Waals surface area contributed by atoms with Gasteiger partial charge in [-0.3, -0.25) is 0 Å². The smallest absolute Gasteiger partial charge is 0.338 e. The number of azo groups is 2. The fourth-order valence-electron chi connectivity index (χ4n) is 11.6. The molecular weight excluding hydrogens is 1300 g/mol. The van der Waals surface area contributed by atoms with Crippen molar-refractivity contribution in [2.24, 2.45) is 26.4 Å². The van der Waals surface area contributed by atoms with Crippen molar-refractivity contribution in [1.82, 2.24) is 14.3 Å². The Labute approximate surface area is 551 Å². The van der Waals surface area contributed by atoms with E-state index in [0.717, 1.165) is 48.4 Å². The number of fused-ring (bicyclic) bond motifs is 6. The maximum absolute atomic E-state index is 14.2. The van der Waals surface area contributed by atoms with Gasteiger partial charge in [-0.05, 0) is 170 Å². The molecule has 3 aliphatic heterocycles. The Morgan fingerprint density at radius 1 is 0.696 bits per heavy atom. The molecule has 19 nitrogen and oxygen atoms in total. The van der Waals surface area contributed by atoms with Crippen molar-refractivity contribution in [2.45, 2.75) is 68.5 Å². The summed E-state index contributed by atoms with van der Waals surface area (Å²) in [4.78, 5) is 17.9. The van der Waals surface area contributed by atoms with Crippen molar-refractivity contribution >= 4 is 105 Å². The molecule has 92 heavy (non-hydrogen) atoms. The molecule has 0 saturated carbocycles. The van der Waals surface area contributed by atoms with Crippen molar-refractivity contribution in [3.63, 3.8) is 0 Å². The summed E-state index contributed by atoms with van der Waals surface area (Å²) >= 11 is 11.9. The molecule has 7 N–H and O–H groups in total. The minimum atomic E-state index is -4.07. The fourth-order valence-corrected chi connectivity index (χ4v) is 13.9. The van der Waals surface area contributed by atoms with E-state index in [4.69, 9.17) is 32.7 Å². The van der Waals surface area contributed by atoms with E-state index in [0.29, 0.717) is 48.5 Å². The topological polar surface area (TPSA) is 275 Å². The Kier molecular flexibility index (Phi) is 18.5. The van der Waals surface area contributed by atoms with Gasteiger partial charge in [-0.2, -0.15) is 4.31 Å². The predicted octanol–water partition coefficient (Wildman–Crippen LogP) is 11.6. The second kappa shape index (κ2) is 25.8. The molecule has 475 valence electrons. The molecule has 12 rings (SSSR count). The van der Waals surface area contributed by atoms with Crippen LogP contribution in [0.3, 0.4) is 0 Å². The quantitative estimate of drug-likeness (QED) is 0.0419. The number of carbonyl (C=O) groups is 1. The van der Waals surface area contributed by atoms with E-state index in [-0.39, 0.29) is 109 Å². The molecule has 0 spiro atoms. The summed E-state index contributed by atoms with van der Waals surface area (Å²) in [5.74, 6) is -0.724. The van der Waals surface area contributed by atoms with Gasteiger partial charge in [0.05, 0.1) is 27.0 Å². The van der Waals surface area contributed by atoms with E-state index in [1.54, 1.807) is 24.3 Å². The summed E-state index contributed by atoms with van der Waals surface area (Å²) < 4.78 is 67.8. The SMILES string of the molecule is CC1=CC(C)(C)NC2=CC3Oc4cc5c(cc4=C(c4ccccc4C(=O)OCCN(C)S(=O)(=O)c4ccc6c(N=Nc7cc(Cl)ccc7O)c(O)ccc6c4)C3C=C12)C(C)=CC(C)(C)[NH+]=5.CNS(=O)(=O)c1ccc2c(N=Nc3cc(Cl)ccc3O)c(O)ccc2c1.[Co]. The molecule has 2 atom stereocenters. The van der Waals surface area contributed by atoms with Gasteiger partial charge in [-0.25, -0.2) is 31.3 Å². The number of halogens is 2. The average molecular weight is 1360 g/mol. The molecule has 0 aromatic heterocycles. The standard InChI is InChI=1S/C51H48ClN5O7S.C17H14ClN3O4S.Co/c1-28-26-50(3,4)53-40-24-45-38(22-36(28)40)47(39-23-37-29(2)27-51(5,6)54-41(37)25-46(39)64-45)34-10-8-9-11-35(34)49(60)63-19-18-57(7)65(61,62)32-14-15-33-30(20-32)12-16-44(59)48(33)56-55-42-21-31(52)13-17-43(42)58;1-19-26(24,25)12-4-5-13-10(8-12)2-6-16(23)17(13)21-20-14-9-11(18)3-7-15(14)22;/h8-17,20-27,38,45,53,58-59H,18-19H2,1-7H3;2-9,19,22-23H,1H3;/p+1. The molecule has 8 aromatic rings. The Bertz CT molecular complexity index is 4960. The van der Waals surface area contributed by atoms with Crippen LogP contribution in [0.2, 0.25) is 10.0 Å². The van der Waals surface area contributed by atoms with E-state index in [1.807, 2.05) is 12.1 Å². The van der Waals surface area contributed by atoms with Crippen molar-refractivity contribution in [2.75, 3.05) is 27.2 Å². The Balaban J connectivity index is 0.000000287.